The molecule has 14 heteroatoms. The van der Waals surface area contributed by atoms with E-state index < -0.39 is 0 Å². The molecule has 0 saturated carbocycles. The average molecular weight is 941 g/mol. The fourth-order valence-corrected chi connectivity index (χ4v) is 12.3. The number of fused-ring (bicyclic) bond motifs is 4. The Labute approximate surface area is 396 Å². The van der Waals surface area contributed by atoms with Crippen LogP contribution >= 0.6 is 45.3 Å². The van der Waals surface area contributed by atoms with Crippen LogP contribution in [0.4, 0.5) is 10.0 Å². The summed E-state index contributed by atoms with van der Waals surface area (Å²) < 4.78 is 2.37. The SMILES string of the molecule is C=CC(=O)Nc1sc2c(c1-c1nc3cc(C)ccc3s1)CCN(C(C)C)C2.CCC(C)N.CCC(C)NCCC(=O)Nc1sc2c(c1-c1nc3cc(C)ccc3s1)CCN(C(C)C)C2. The fraction of sp³-hybridized carbons (Fsp3) is 0.480. The number of benzene rings is 2. The molecule has 0 bridgehead atoms. The third-order valence-electron chi connectivity index (χ3n) is 11.9. The number of anilines is 2. The van der Waals surface area contributed by atoms with Gasteiger partial charge >= 0.3 is 0 Å². The second-order valence-electron chi connectivity index (χ2n) is 17.7. The maximum atomic E-state index is 12.8. The fourth-order valence-electron chi connectivity index (χ4n) is 7.57. The van der Waals surface area contributed by atoms with Crippen molar-refractivity contribution in [2.75, 3.05) is 30.3 Å². The molecule has 2 aromatic carbocycles. The summed E-state index contributed by atoms with van der Waals surface area (Å²) in [5.41, 5.74) is 14.7. The Kier molecular flexibility index (Phi) is 17.5. The summed E-state index contributed by atoms with van der Waals surface area (Å²) in [5, 5.41) is 13.6. The number of nitrogens with two attached hydrogens (primary N) is 1. The number of thiophene rings is 2. The molecule has 0 aliphatic carbocycles. The largest absolute Gasteiger partial charge is 0.328 e. The summed E-state index contributed by atoms with van der Waals surface area (Å²) in [5.74, 6) is -0.106. The van der Waals surface area contributed by atoms with Crippen molar-refractivity contribution in [3.05, 3.63) is 81.1 Å². The molecule has 5 N–H and O–H groups in total. The van der Waals surface area contributed by atoms with E-state index in [0.717, 1.165) is 94.0 Å². The molecule has 6 aromatic rings. The number of hydrogen-bond acceptors (Lipinski definition) is 12. The normalized spacial score (nSPS) is 15.0. The van der Waals surface area contributed by atoms with E-state index in [2.05, 4.69) is 131 Å². The Bertz CT molecular complexity index is 2550. The van der Waals surface area contributed by atoms with Crippen molar-refractivity contribution in [2.45, 2.75) is 139 Å². The van der Waals surface area contributed by atoms with Crippen molar-refractivity contribution in [3.63, 3.8) is 0 Å². The van der Waals surface area contributed by atoms with Crippen LogP contribution in [0.1, 0.15) is 107 Å². The predicted octanol–water partition coefficient (Wildman–Crippen LogP) is 11.8. The van der Waals surface area contributed by atoms with Crippen LogP contribution in [0.3, 0.4) is 0 Å². The second-order valence-corrected chi connectivity index (χ2v) is 21.9. The average Bonchev–Trinajstić information content (AvgIpc) is 4.04. The molecule has 4 aromatic heterocycles. The van der Waals surface area contributed by atoms with Gasteiger partial charge in [0.05, 0.1) is 20.4 Å². The van der Waals surface area contributed by atoms with E-state index in [9.17, 15) is 9.59 Å². The monoisotopic (exact) mass is 940 g/mol. The molecule has 64 heavy (non-hydrogen) atoms. The van der Waals surface area contributed by atoms with Crippen LogP contribution in [0.25, 0.3) is 41.6 Å². The van der Waals surface area contributed by atoms with E-state index >= 15 is 0 Å². The number of nitrogens with one attached hydrogen (secondary N) is 3. The van der Waals surface area contributed by atoms with Crippen molar-refractivity contribution in [3.8, 4) is 21.1 Å². The van der Waals surface area contributed by atoms with Crippen LogP contribution in [0.15, 0.2) is 49.1 Å². The Hall–Kier alpha value is -3.86. The highest BCUT2D eigenvalue weighted by Crippen LogP contribution is 2.47. The molecule has 0 radical (unpaired) electrons. The number of aryl methyl sites for hydroxylation is 2. The summed E-state index contributed by atoms with van der Waals surface area (Å²) in [7, 11) is 0. The molecule has 0 saturated heterocycles. The van der Waals surface area contributed by atoms with Gasteiger partial charge in [0.1, 0.15) is 20.0 Å². The van der Waals surface area contributed by atoms with Crippen molar-refractivity contribution >= 4 is 87.6 Å². The van der Waals surface area contributed by atoms with Crippen molar-refractivity contribution < 1.29 is 9.59 Å². The van der Waals surface area contributed by atoms with Crippen molar-refractivity contribution in [1.82, 2.24) is 25.1 Å². The smallest absolute Gasteiger partial charge is 0.248 e. The maximum Gasteiger partial charge on any atom is 0.248 e. The van der Waals surface area contributed by atoms with Gasteiger partial charge in [0.2, 0.25) is 11.8 Å². The highest BCUT2D eigenvalue weighted by atomic mass is 32.1. The van der Waals surface area contributed by atoms with Gasteiger partial charge in [-0.05, 0) is 134 Å². The Morgan fingerprint density at radius 2 is 1.22 bits per heavy atom. The van der Waals surface area contributed by atoms with E-state index in [1.165, 1.54) is 47.5 Å². The summed E-state index contributed by atoms with van der Waals surface area (Å²) in [6.07, 6.45) is 5.93. The second kappa shape index (κ2) is 22.6. The van der Waals surface area contributed by atoms with Gasteiger partial charge in [0, 0.05) is 84.2 Å². The number of rotatable bonds is 13. The van der Waals surface area contributed by atoms with Gasteiger partial charge in [0.15, 0.2) is 0 Å². The van der Waals surface area contributed by atoms with E-state index in [0.29, 0.717) is 37.1 Å². The summed E-state index contributed by atoms with van der Waals surface area (Å²) in [4.78, 5) is 42.4. The van der Waals surface area contributed by atoms with E-state index in [1.807, 2.05) is 6.92 Å². The lowest BCUT2D eigenvalue weighted by molar-refractivity contribution is -0.116. The first-order chi connectivity index (χ1) is 30.6. The number of carbonyl (C=O) groups excluding carboxylic acids is 2. The van der Waals surface area contributed by atoms with Crippen LogP contribution in [-0.4, -0.2) is 75.4 Å². The lowest BCUT2D eigenvalue weighted by Crippen LogP contribution is -2.35. The number of hydrogen-bond donors (Lipinski definition) is 4. The zero-order chi connectivity index (χ0) is 46.2. The molecule has 6 heterocycles. The summed E-state index contributed by atoms with van der Waals surface area (Å²) in [6, 6.07) is 14.7. The third kappa shape index (κ3) is 12.3. The molecule has 2 unspecified atom stereocenters. The van der Waals surface area contributed by atoms with Crippen LogP contribution in [-0.2, 0) is 35.5 Å². The van der Waals surface area contributed by atoms with Gasteiger partial charge in [-0.2, -0.15) is 0 Å². The van der Waals surface area contributed by atoms with Crippen LogP contribution in [0.2, 0.25) is 0 Å². The quantitative estimate of drug-likeness (QED) is 0.0843. The van der Waals surface area contributed by atoms with Crippen molar-refractivity contribution in [1.29, 1.82) is 0 Å². The van der Waals surface area contributed by atoms with Gasteiger partial charge in [-0.25, -0.2) is 9.97 Å². The zero-order valence-corrected chi connectivity index (χ0v) is 42.7. The molecule has 10 nitrogen and oxygen atoms in total. The number of aromatic nitrogens is 2. The minimum atomic E-state index is -0.174. The number of nitrogens with zero attached hydrogens (tertiary/aromatic N) is 4. The third-order valence-corrected chi connectivity index (χ3v) is 16.3. The zero-order valence-electron chi connectivity index (χ0n) is 39.4. The molecule has 0 fully saturated rings. The highest BCUT2D eigenvalue weighted by molar-refractivity contribution is 7.23. The lowest BCUT2D eigenvalue weighted by Gasteiger charge is -2.30. The first kappa shape index (κ1) is 49.6. The van der Waals surface area contributed by atoms with E-state index in [-0.39, 0.29) is 11.8 Å². The minimum absolute atomic E-state index is 0.0679. The van der Waals surface area contributed by atoms with Crippen LogP contribution in [0, 0.1) is 13.8 Å². The van der Waals surface area contributed by atoms with Gasteiger partial charge in [-0.15, -0.1) is 45.3 Å². The molecular weight excluding hydrogens is 873 g/mol. The van der Waals surface area contributed by atoms with Gasteiger partial charge in [-0.3, -0.25) is 19.4 Å². The molecule has 0 spiro atoms. The van der Waals surface area contributed by atoms with E-state index in [4.69, 9.17) is 15.7 Å². The van der Waals surface area contributed by atoms with E-state index in [1.54, 1.807) is 45.3 Å². The predicted molar refractivity (Wildman–Crippen MR) is 278 cm³/mol. The molecular formula is C50H68N8O2S4. The van der Waals surface area contributed by atoms with Crippen molar-refractivity contribution in [2.24, 2.45) is 5.73 Å². The molecule has 2 aliphatic rings. The van der Waals surface area contributed by atoms with Gasteiger partial charge in [-0.1, -0.05) is 32.6 Å². The highest BCUT2D eigenvalue weighted by Gasteiger charge is 2.30. The summed E-state index contributed by atoms with van der Waals surface area (Å²) >= 11 is 6.84. The number of carbonyl (C=O) groups is 2. The summed E-state index contributed by atoms with van der Waals surface area (Å²) in [6.45, 7) is 29.8. The number of amides is 2. The molecule has 2 amide bonds. The standard InChI is InChI=1S/C25H34N4OS2.C21H23N3OS2.C4H11N/c1-6-17(5)26-11-9-22(30)28-25-23(18-10-12-29(15(2)3)14-21(18)32-25)24-27-19-13-16(4)7-8-20(19)31-24;1-5-18(25)23-21-19(14-8-9-24(12(2)3)11-17(14)27-21)20-22-15-10-13(4)6-7-16(15)26-20;1-3-4(2)5/h7-8,13,15,17,26H,6,9-12,14H2,1-5H3,(H,28,30);5-7,10,12H,1,8-9,11H2,2-4H3,(H,23,25);4H,3,5H2,1-2H3. The maximum absolute atomic E-state index is 12.8. The molecule has 8 rings (SSSR count). The van der Waals surface area contributed by atoms with Crippen LogP contribution in [0.5, 0.6) is 0 Å². The number of thiazole rings is 2. The first-order valence-corrected chi connectivity index (χ1v) is 26.1. The molecule has 2 aliphatic heterocycles. The van der Waals surface area contributed by atoms with Crippen LogP contribution < -0.4 is 21.7 Å². The molecule has 2 atom stereocenters. The Morgan fingerprint density at radius 3 is 1.64 bits per heavy atom. The first-order valence-electron chi connectivity index (χ1n) is 22.8. The van der Waals surface area contributed by atoms with Gasteiger partial charge < -0.3 is 21.7 Å². The topological polar surface area (TPSA) is 129 Å². The van der Waals surface area contributed by atoms with Gasteiger partial charge in [0.25, 0.3) is 0 Å². The Morgan fingerprint density at radius 1 is 0.750 bits per heavy atom. The minimum Gasteiger partial charge on any atom is -0.328 e. The Balaban J connectivity index is 0.000000194. The lowest BCUT2D eigenvalue weighted by atomic mass is 10.0. The molecule has 344 valence electrons.